The third-order valence-corrected chi connectivity index (χ3v) is 5.58. The van der Waals surface area contributed by atoms with E-state index in [-0.39, 0.29) is 35.5 Å². The number of methoxy groups -OCH3 is 1. The maximum Gasteiger partial charge on any atom is 0.312 e. The first-order valence-electron chi connectivity index (χ1n) is 9.93. The molecule has 162 valence electrons. The molecule has 3 rings (SSSR count). The number of carbonyl (C=O) groups excluding carboxylic acids is 3. The molecule has 1 aromatic carbocycles. The molecule has 1 heterocycles. The first-order chi connectivity index (χ1) is 14.3. The number of nitrogens with zero attached hydrogens (tertiary/aromatic N) is 2. The molecular formula is C20H25N3O7. The number of benzene rings is 1. The van der Waals surface area contributed by atoms with Crippen LogP contribution < -0.4 is 10.1 Å². The Labute approximate surface area is 173 Å². The van der Waals surface area contributed by atoms with E-state index in [2.05, 4.69) is 5.32 Å². The monoisotopic (exact) mass is 419 g/mol. The molecule has 1 N–H and O–H groups in total. The van der Waals surface area contributed by atoms with Gasteiger partial charge in [0.15, 0.2) is 6.10 Å². The maximum absolute atomic E-state index is 12.5. The second kappa shape index (κ2) is 9.10. The number of hydrogen-bond acceptors (Lipinski definition) is 7. The van der Waals surface area contributed by atoms with Gasteiger partial charge >= 0.3 is 5.97 Å². The summed E-state index contributed by atoms with van der Waals surface area (Å²) in [5, 5.41) is 13.7. The van der Waals surface area contributed by atoms with E-state index >= 15 is 0 Å². The first-order valence-corrected chi connectivity index (χ1v) is 9.93. The molecule has 2 aliphatic rings. The van der Waals surface area contributed by atoms with E-state index in [1.807, 2.05) is 0 Å². The molecule has 0 radical (unpaired) electrons. The summed E-state index contributed by atoms with van der Waals surface area (Å²) in [4.78, 5) is 49.5. The summed E-state index contributed by atoms with van der Waals surface area (Å²) in [5.74, 6) is -1.71. The molecule has 1 saturated heterocycles. The first kappa shape index (κ1) is 21.5. The lowest BCUT2D eigenvalue weighted by Crippen LogP contribution is -2.36. The highest BCUT2D eigenvalue weighted by Crippen LogP contribution is 2.31. The van der Waals surface area contributed by atoms with Crippen molar-refractivity contribution >= 4 is 29.2 Å². The van der Waals surface area contributed by atoms with E-state index in [9.17, 15) is 24.5 Å². The molecule has 0 aromatic heterocycles. The second-order valence-corrected chi connectivity index (χ2v) is 7.59. The zero-order valence-electron chi connectivity index (χ0n) is 17.0. The molecule has 0 bridgehead atoms. The van der Waals surface area contributed by atoms with Crippen molar-refractivity contribution in [3.63, 3.8) is 0 Å². The number of rotatable bonds is 7. The summed E-state index contributed by atoms with van der Waals surface area (Å²) in [6.07, 6.45) is 2.97. The molecule has 2 atom stereocenters. The molecule has 0 spiro atoms. The van der Waals surface area contributed by atoms with Crippen LogP contribution in [0.2, 0.25) is 0 Å². The summed E-state index contributed by atoms with van der Waals surface area (Å²) in [6.45, 7) is 1.69. The number of anilines is 1. The predicted molar refractivity (Wildman–Crippen MR) is 106 cm³/mol. The average molecular weight is 419 g/mol. The zero-order chi connectivity index (χ0) is 21.8. The molecule has 10 heteroatoms. The molecule has 0 unspecified atom stereocenters. The van der Waals surface area contributed by atoms with Crippen LogP contribution in [0, 0.1) is 16.0 Å². The van der Waals surface area contributed by atoms with Crippen LogP contribution in [0.3, 0.4) is 0 Å². The molecule has 1 saturated carbocycles. The van der Waals surface area contributed by atoms with Gasteiger partial charge in [-0.2, -0.15) is 0 Å². The van der Waals surface area contributed by atoms with Gasteiger partial charge in [-0.25, -0.2) is 0 Å². The number of nitrogens with one attached hydrogen (secondary N) is 1. The van der Waals surface area contributed by atoms with Crippen molar-refractivity contribution in [2.75, 3.05) is 19.0 Å². The number of likely N-dealkylation sites (tertiary alicyclic amines) is 1. The fourth-order valence-corrected chi connectivity index (χ4v) is 3.91. The van der Waals surface area contributed by atoms with E-state index in [0.717, 1.165) is 25.7 Å². The van der Waals surface area contributed by atoms with Crippen LogP contribution in [-0.2, 0) is 19.1 Å². The van der Waals surface area contributed by atoms with E-state index in [1.165, 1.54) is 32.2 Å². The van der Waals surface area contributed by atoms with Gasteiger partial charge in [0, 0.05) is 19.0 Å². The van der Waals surface area contributed by atoms with Crippen molar-refractivity contribution in [1.82, 2.24) is 4.90 Å². The van der Waals surface area contributed by atoms with Crippen LogP contribution in [0.1, 0.15) is 39.0 Å². The minimum Gasteiger partial charge on any atom is -0.496 e. The fraction of sp³-hybridized carbons (Fsp3) is 0.550. The highest BCUT2D eigenvalue weighted by Gasteiger charge is 2.40. The van der Waals surface area contributed by atoms with E-state index in [0.29, 0.717) is 6.54 Å². The normalized spacial score (nSPS) is 20.1. The van der Waals surface area contributed by atoms with Crippen molar-refractivity contribution < 1.29 is 28.8 Å². The number of nitro groups is 1. The van der Waals surface area contributed by atoms with Crippen LogP contribution in [0.25, 0.3) is 0 Å². The Bertz CT molecular complexity index is 851. The van der Waals surface area contributed by atoms with Crippen molar-refractivity contribution in [2.24, 2.45) is 5.92 Å². The van der Waals surface area contributed by atoms with Crippen LogP contribution in [0.15, 0.2) is 18.2 Å². The summed E-state index contributed by atoms with van der Waals surface area (Å²) in [5.41, 5.74) is -0.369. The van der Waals surface area contributed by atoms with Gasteiger partial charge in [-0.1, -0.05) is 12.8 Å². The number of ether oxygens (including phenoxy) is 2. The number of esters is 1. The smallest absolute Gasteiger partial charge is 0.312 e. The van der Waals surface area contributed by atoms with Gasteiger partial charge in [-0.15, -0.1) is 0 Å². The minimum atomic E-state index is -1.17. The van der Waals surface area contributed by atoms with Gasteiger partial charge in [0.05, 0.1) is 24.0 Å². The minimum absolute atomic E-state index is 0.0304. The van der Waals surface area contributed by atoms with E-state index in [4.69, 9.17) is 9.47 Å². The van der Waals surface area contributed by atoms with Crippen molar-refractivity contribution in [1.29, 1.82) is 0 Å². The summed E-state index contributed by atoms with van der Waals surface area (Å²) < 4.78 is 10.2. The molecule has 1 aliphatic heterocycles. The lowest BCUT2D eigenvalue weighted by molar-refractivity contribution is -0.384. The molecule has 1 aromatic rings. The van der Waals surface area contributed by atoms with Crippen molar-refractivity contribution in [2.45, 2.75) is 51.2 Å². The highest BCUT2D eigenvalue weighted by molar-refractivity contribution is 5.97. The summed E-state index contributed by atoms with van der Waals surface area (Å²) in [6, 6.07) is 4.19. The van der Waals surface area contributed by atoms with Crippen LogP contribution >= 0.6 is 0 Å². The molecule has 2 amide bonds. The molecular weight excluding hydrogens is 394 g/mol. The Morgan fingerprint density at radius 2 is 2.00 bits per heavy atom. The van der Waals surface area contributed by atoms with Gasteiger partial charge in [-0.3, -0.25) is 24.5 Å². The fourth-order valence-electron chi connectivity index (χ4n) is 3.91. The number of amides is 2. The molecule has 2 fully saturated rings. The van der Waals surface area contributed by atoms with E-state index < -0.39 is 28.8 Å². The van der Waals surface area contributed by atoms with Gasteiger partial charge in [0.1, 0.15) is 11.4 Å². The topological polar surface area (TPSA) is 128 Å². The van der Waals surface area contributed by atoms with Gasteiger partial charge < -0.3 is 19.7 Å². The van der Waals surface area contributed by atoms with Gasteiger partial charge in [-0.05, 0) is 31.9 Å². The molecule has 10 nitrogen and oxygen atoms in total. The highest BCUT2D eigenvalue weighted by atomic mass is 16.6. The average Bonchev–Trinajstić information content (AvgIpc) is 3.37. The number of hydrogen-bond donors (Lipinski definition) is 1. The largest absolute Gasteiger partial charge is 0.496 e. The van der Waals surface area contributed by atoms with Gasteiger partial charge in [0.2, 0.25) is 5.91 Å². The van der Waals surface area contributed by atoms with Crippen molar-refractivity contribution in [3.8, 4) is 5.75 Å². The molecule has 30 heavy (non-hydrogen) atoms. The lowest BCUT2D eigenvalue weighted by Gasteiger charge is -2.24. The van der Waals surface area contributed by atoms with Gasteiger partial charge in [0.25, 0.3) is 11.6 Å². The standard InChI is InChI=1S/C20H25N3O7/c1-12(19(25)21-16-8-7-15(29-2)10-17(16)23(27)28)30-20(26)13-9-18(24)22(11-13)14-5-3-4-6-14/h7-8,10,12-14H,3-6,9,11H2,1-2H3,(H,21,25)/t12-,13+/m1/s1. The Hall–Kier alpha value is -3.17. The zero-order valence-corrected chi connectivity index (χ0v) is 17.0. The number of nitro benzene ring substituents is 1. The Kier molecular flexibility index (Phi) is 6.53. The lowest BCUT2D eigenvalue weighted by atomic mass is 10.1. The third-order valence-electron chi connectivity index (χ3n) is 5.58. The Morgan fingerprint density at radius 1 is 1.30 bits per heavy atom. The Morgan fingerprint density at radius 3 is 2.63 bits per heavy atom. The third kappa shape index (κ3) is 4.69. The quantitative estimate of drug-likeness (QED) is 0.408. The molecule has 1 aliphatic carbocycles. The van der Waals surface area contributed by atoms with Crippen LogP contribution in [0.4, 0.5) is 11.4 Å². The SMILES string of the molecule is COc1ccc(NC(=O)[C@@H](C)OC(=O)[C@H]2CC(=O)N(C3CCCC3)C2)c([N+](=O)[O-])c1. The maximum atomic E-state index is 12.5. The summed E-state index contributed by atoms with van der Waals surface area (Å²) in [7, 11) is 1.38. The van der Waals surface area contributed by atoms with Crippen LogP contribution in [-0.4, -0.2) is 53.4 Å². The van der Waals surface area contributed by atoms with Crippen molar-refractivity contribution in [3.05, 3.63) is 28.3 Å². The van der Waals surface area contributed by atoms with Crippen LogP contribution in [0.5, 0.6) is 5.75 Å². The summed E-state index contributed by atoms with van der Waals surface area (Å²) >= 11 is 0. The number of carbonyl (C=O) groups is 3. The Balaban J connectivity index is 1.59. The predicted octanol–water partition coefficient (Wildman–Crippen LogP) is 2.26. The second-order valence-electron chi connectivity index (χ2n) is 7.59. The van der Waals surface area contributed by atoms with E-state index in [1.54, 1.807) is 4.90 Å².